The van der Waals surface area contributed by atoms with Gasteiger partial charge < -0.3 is 10.7 Å². The van der Waals surface area contributed by atoms with Crippen molar-refractivity contribution in [1.29, 1.82) is 0 Å². The average Bonchev–Trinajstić information content (AvgIpc) is 2.80. The molecule has 1 aliphatic rings. The van der Waals surface area contributed by atoms with Gasteiger partial charge in [0.2, 0.25) is 5.92 Å². The summed E-state index contributed by atoms with van der Waals surface area (Å²) in [6.07, 6.45) is 2.31. The lowest BCUT2D eigenvalue weighted by molar-refractivity contribution is -0.0513. The number of nitrogens with one attached hydrogen (secondary N) is 1. The van der Waals surface area contributed by atoms with Crippen LogP contribution in [-0.2, 0) is 5.54 Å². The Balaban J connectivity index is 1.93. The van der Waals surface area contributed by atoms with E-state index in [9.17, 15) is 8.78 Å². The molecule has 0 atom stereocenters. The molecule has 0 spiro atoms. The monoisotopic (exact) mass is 250 g/mol. The maximum Gasteiger partial charge on any atom is 0.248 e. The smallest absolute Gasteiger partial charge is 0.248 e. The first-order valence-electron chi connectivity index (χ1n) is 6.23. The maximum atomic E-state index is 13.2. The van der Waals surface area contributed by atoms with E-state index in [1.165, 1.54) is 0 Å². The van der Waals surface area contributed by atoms with Crippen LogP contribution in [0.4, 0.5) is 8.78 Å². The zero-order chi connectivity index (χ0) is 12.8. The van der Waals surface area contributed by atoms with E-state index >= 15 is 0 Å². The van der Waals surface area contributed by atoms with Gasteiger partial charge in [0.05, 0.1) is 0 Å². The van der Waals surface area contributed by atoms with Gasteiger partial charge in [0.1, 0.15) is 0 Å². The molecule has 1 aromatic carbocycles. The van der Waals surface area contributed by atoms with Crippen LogP contribution in [-0.4, -0.2) is 10.9 Å². The van der Waals surface area contributed by atoms with Gasteiger partial charge >= 0.3 is 0 Å². The highest BCUT2D eigenvalue weighted by atomic mass is 19.3. The highest BCUT2D eigenvalue weighted by molar-refractivity contribution is 5.80. The van der Waals surface area contributed by atoms with E-state index in [1.807, 2.05) is 30.5 Å². The summed E-state index contributed by atoms with van der Waals surface area (Å²) >= 11 is 0. The topological polar surface area (TPSA) is 41.8 Å². The molecule has 0 amide bonds. The number of rotatable bonds is 1. The zero-order valence-electron chi connectivity index (χ0n) is 10.0. The predicted octanol–water partition coefficient (Wildman–Crippen LogP) is 3.53. The van der Waals surface area contributed by atoms with Crippen molar-refractivity contribution in [2.45, 2.75) is 37.1 Å². The highest BCUT2D eigenvalue weighted by Crippen LogP contribution is 2.42. The van der Waals surface area contributed by atoms with E-state index in [0.29, 0.717) is 12.8 Å². The number of aromatic nitrogens is 1. The molecule has 0 bridgehead atoms. The van der Waals surface area contributed by atoms with Crippen molar-refractivity contribution in [3.63, 3.8) is 0 Å². The molecular weight excluding hydrogens is 234 g/mol. The lowest BCUT2D eigenvalue weighted by Crippen LogP contribution is -2.43. The number of alkyl halides is 2. The van der Waals surface area contributed by atoms with Crippen molar-refractivity contribution in [3.05, 3.63) is 36.0 Å². The molecule has 1 heterocycles. The first kappa shape index (κ1) is 11.7. The van der Waals surface area contributed by atoms with Crippen LogP contribution in [0.25, 0.3) is 10.9 Å². The molecule has 0 saturated heterocycles. The number of benzene rings is 1. The van der Waals surface area contributed by atoms with Crippen molar-refractivity contribution < 1.29 is 8.78 Å². The molecule has 18 heavy (non-hydrogen) atoms. The Morgan fingerprint density at radius 3 is 2.50 bits per heavy atom. The van der Waals surface area contributed by atoms with Gasteiger partial charge in [0.25, 0.3) is 0 Å². The summed E-state index contributed by atoms with van der Waals surface area (Å²) in [5.74, 6) is -2.54. The van der Waals surface area contributed by atoms with Gasteiger partial charge in [-0.1, -0.05) is 12.1 Å². The number of halogens is 2. The molecule has 96 valence electrons. The van der Waals surface area contributed by atoms with Crippen molar-refractivity contribution in [3.8, 4) is 0 Å². The first-order valence-corrected chi connectivity index (χ1v) is 6.23. The lowest BCUT2D eigenvalue weighted by Gasteiger charge is -2.37. The summed E-state index contributed by atoms with van der Waals surface area (Å²) in [4.78, 5) is 3.13. The predicted molar refractivity (Wildman–Crippen MR) is 67.6 cm³/mol. The van der Waals surface area contributed by atoms with Gasteiger partial charge in [-0.15, -0.1) is 0 Å². The van der Waals surface area contributed by atoms with Crippen LogP contribution in [0.5, 0.6) is 0 Å². The summed E-state index contributed by atoms with van der Waals surface area (Å²) in [5.41, 5.74) is 7.66. The van der Waals surface area contributed by atoms with Gasteiger partial charge in [-0.25, -0.2) is 8.78 Å². The molecule has 1 aromatic heterocycles. The van der Waals surface area contributed by atoms with Crippen LogP contribution in [0, 0.1) is 0 Å². The maximum absolute atomic E-state index is 13.2. The Labute approximate surface area is 104 Å². The summed E-state index contributed by atoms with van der Waals surface area (Å²) in [5, 5.41) is 1.11. The van der Waals surface area contributed by atoms with Gasteiger partial charge in [-0.3, -0.25) is 0 Å². The summed E-state index contributed by atoms with van der Waals surface area (Å²) in [6.45, 7) is 0. The van der Waals surface area contributed by atoms with Crippen LogP contribution >= 0.6 is 0 Å². The fourth-order valence-electron chi connectivity index (χ4n) is 2.71. The SMILES string of the molecule is NC1(c2ccc3cc[nH]c3c2)CCC(F)(F)CC1. The number of hydrogen-bond acceptors (Lipinski definition) is 1. The Bertz CT molecular complexity index is 564. The Morgan fingerprint density at radius 1 is 1.06 bits per heavy atom. The minimum absolute atomic E-state index is 0.119. The minimum Gasteiger partial charge on any atom is -0.361 e. The van der Waals surface area contributed by atoms with Crippen LogP contribution < -0.4 is 5.73 Å². The fourth-order valence-corrected chi connectivity index (χ4v) is 2.71. The van der Waals surface area contributed by atoms with Crippen molar-refractivity contribution in [1.82, 2.24) is 4.98 Å². The summed E-state index contributed by atoms with van der Waals surface area (Å²) in [7, 11) is 0. The third kappa shape index (κ3) is 1.90. The molecule has 1 saturated carbocycles. The van der Waals surface area contributed by atoms with Crippen LogP contribution in [0.1, 0.15) is 31.2 Å². The van der Waals surface area contributed by atoms with E-state index < -0.39 is 11.5 Å². The lowest BCUT2D eigenvalue weighted by atomic mass is 9.76. The van der Waals surface area contributed by atoms with E-state index in [1.54, 1.807) is 0 Å². The van der Waals surface area contributed by atoms with Crippen molar-refractivity contribution in [2.24, 2.45) is 5.73 Å². The van der Waals surface area contributed by atoms with E-state index in [-0.39, 0.29) is 12.8 Å². The molecule has 0 unspecified atom stereocenters. The fraction of sp³-hybridized carbons (Fsp3) is 0.429. The Morgan fingerprint density at radius 2 is 1.78 bits per heavy atom. The molecule has 0 radical (unpaired) electrons. The van der Waals surface area contributed by atoms with E-state index in [2.05, 4.69) is 4.98 Å². The largest absolute Gasteiger partial charge is 0.361 e. The standard InChI is InChI=1S/C14H16F2N2/c15-14(16)6-4-13(17,5-7-14)11-2-1-10-3-8-18-12(10)9-11/h1-3,8-9,18H,4-7,17H2. The summed E-state index contributed by atoms with van der Waals surface area (Å²) < 4.78 is 26.4. The van der Waals surface area contributed by atoms with Gasteiger partial charge in [0, 0.05) is 30.1 Å². The van der Waals surface area contributed by atoms with Crippen LogP contribution in [0.3, 0.4) is 0 Å². The number of hydrogen-bond donors (Lipinski definition) is 2. The average molecular weight is 250 g/mol. The highest BCUT2D eigenvalue weighted by Gasteiger charge is 2.42. The second-order valence-electron chi connectivity index (χ2n) is 5.29. The van der Waals surface area contributed by atoms with Gasteiger partial charge in [-0.2, -0.15) is 0 Å². The third-order valence-corrected chi connectivity index (χ3v) is 4.00. The molecule has 2 nitrogen and oxygen atoms in total. The molecule has 3 rings (SSSR count). The van der Waals surface area contributed by atoms with Crippen molar-refractivity contribution >= 4 is 10.9 Å². The molecule has 2 aromatic rings. The first-order chi connectivity index (χ1) is 8.49. The normalized spacial score (nSPS) is 22.2. The quantitative estimate of drug-likeness (QED) is 0.798. The van der Waals surface area contributed by atoms with Gasteiger partial charge in [0.15, 0.2) is 0 Å². The van der Waals surface area contributed by atoms with Gasteiger partial charge in [-0.05, 0) is 35.9 Å². The molecule has 0 aliphatic heterocycles. The number of nitrogens with two attached hydrogens (primary N) is 1. The molecule has 4 heteroatoms. The number of aromatic amines is 1. The molecular formula is C14H16F2N2. The Hall–Kier alpha value is -1.42. The minimum atomic E-state index is -2.54. The second-order valence-corrected chi connectivity index (χ2v) is 5.29. The van der Waals surface area contributed by atoms with E-state index in [0.717, 1.165) is 16.5 Å². The van der Waals surface area contributed by atoms with Crippen molar-refractivity contribution in [2.75, 3.05) is 0 Å². The molecule has 1 aliphatic carbocycles. The second kappa shape index (κ2) is 3.79. The van der Waals surface area contributed by atoms with E-state index in [4.69, 9.17) is 5.73 Å². The Kier molecular flexibility index (Phi) is 2.45. The van der Waals surface area contributed by atoms with Crippen LogP contribution in [0.15, 0.2) is 30.5 Å². The third-order valence-electron chi connectivity index (χ3n) is 4.00. The molecule has 1 fully saturated rings. The number of H-pyrrole nitrogens is 1. The summed E-state index contributed by atoms with van der Waals surface area (Å²) in [6, 6.07) is 7.91. The molecule has 3 N–H and O–H groups in total. The van der Waals surface area contributed by atoms with Crippen LogP contribution in [0.2, 0.25) is 0 Å². The zero-order valence-corrected chi connectivity index (χ0v) is 10.0. The number of fused-ring (bicyclic) bond motifs is 1.